The average Bonchev–Trinajstić information content (AvgIpc) is 2.66. The van der Waals surface area contributed by atoms with Gasteiger partial charge < -0.3 is 15.8 Å². The van der Waals surface area contributed by atoms with E-state index in [4.69, 9.17) is 22.5 Å². The van der Waals surface area contributed by atoms with E-state index in [9.17, 15) is 0 Å². The molecule has 0 aromatic heterocycles. The number of hydrogen-bond donors (Lipinski definition) is 2. The van der Waals surface area contributed by atoms with Crippen LogP contribution in [0.3, 0.4) is 0 Å². The molecule has 0 spiro atoms. The second kappa shape index (κ2) is 5.96. The Labute approximate surface area is 112 Å². The molecule has 3 N–H and O–H groups in total. The van der Waals surface area contributed by atoms with Crippen molar-refractivity contribution in [1.82, 2.24) is 0 Å². The van der Waals surface area contributed by atoms with Crippen LogP contribution in [0.2, 0.25) is 5.02 Å². The molecule has 0 aliphatic carbocycles. The molecule has 4 nitrogen and oxygen atoms in total. The molecule has 0 radical (unpaired) electrons. The first-order valence-corrected chi connectivity index (χ1v) is 6.63. The fraction of sp³-hybridized carbons (Fsp3) is 0.462. The van der Waals surface area contributed by atoms with E-state index < -0.39 is 0 Å². The molecule has 0 atom stereocenters. The zero-order chi connectivity index (χ0) is 13.0. The Hall–Kier alpha value is -1.42. The van der Waals surface area contributed by atoms with Crippen molar-refractivity contribution in [3.63, 3.8) is 0 Å². The van der Waals surface area contributed by atoms with Crippen LogP contribution in [-0.4, -0.2) is 24.1 Å². The first-order chi connectivity index (χ1) is 8.74. The number of rotatable bonds is 2. The van der Waals surface area contributed by atoms with Gasteiger partial charge >= 0.3 is 0 Å². The number of nitrogens with two attached hydrogens (primary N) is 1. The topological polar surface area (TPSA) is 61.9 Å². The van der Waals surface area contributed by atoms with Crippen LogP contribution in [-0.2, 0) is 0 Å². The Kier molecular flexibility index (Phi) is 4.31. The number of hydrogen-bond acceptors (Lipinski definition) is 3. The molecule has 1 aromatic carbocycles. The average molecular weight is 268 g/mol. The summed E-state index contributed by atoms with van der Waals surface area (Å²) < 4.78 is 0. The van der Waals surface area contributed by atoms with E-state index in [-0.39, 0.29) is 5.84 Å². The first-order valence-electron chi connectivity index (χ1n) is 6.25. The van der Waals surface area contributed by atoms with Crippen molar-refractivity contribution < 1.29 is 5.21 Å². The van der Waals surface area contributed by atoms with Crippen LogP contribution < -0.4 is 10.6 Å². The van der Waals surface area contributed by atoms with Gasteiger partial charge in [0, 0.05) is 18.8 Å². The molecule has 0 unspecified atom stereocenters. The minimum atomic E-state index is 0.0693. The van der Waals surface area contributed by atoms with Crippen LogP contribution in [0.5, 0.6) is 0 Å². The van der Waals surface area contributed by atoms with Gasteiger partial charge in [-0.1, -0.05) is 35.7 Å². The molecule has 0 bridgehead atoms. The lowest BCUT2D eigenvalue weighted by Crippen LogP contribution is -2.27. The van der Waals surface area contributed by atoms with Crippen molar-refractivity contribution in [1.29, 1.82) is 0 Å². The molecule has 1 aliphatic heterocycles. The standard InChI is InChI=1S/C13H18ClN3O/c14-10-6-5-7-11(12(10)13(15)16-18)17-8-3-1-2-4-9-17/h5-7,18H,1-4,8-9H2,(H2,15,16). The highest BCUT2D eigenvalue weighted by Gasteiger charge is 2.18. The van der Waals surface area contributed by atoms with Gasteiger partial charge in [-0.15, -0.1) is 0 Å². The van der Waals surface area contributed by atoms with Gasteiger partial charge in [0.15, 0.2) is 5.84 Å². The monoisotopic (exact) mass is 267 g/mol. The maximum Gasteiger partial charge on any atom is 0.173 e. The summed E-state index contributed by atoms with van der Waals surface area (Å²) in [6, 6.07) is 5.64. The number of amidine groups is 1. The van der Waals surface area contributed by atoms with Gasteiger partial charge in [-0.05, 0) is 25.0 Å². The van der Waals surface area contributed by atoms with Crippen molar-refractivity contribution in [2.24, 2.45) is 10.9 Å². The number of anilines is 1. The van der Waals surface area contributed by atoms with Crippen LogP contribution in [0.15, 0.2) is 23.4 Å². The highest BCUT2D eigenvalue weighted by atomic mass is 35.5. The zero-order valence-electron chi connectivity index (χ0n) is 10.3. The smallest absolute Gasteiger partial charge is 0.173 e. The van der Waals surface area contributed by atoms with Gasteiger partial charge in [0.25, 0.3) is 0 Å². The highest BCUT2D eigenvalue weighted by Crippen LogP contribution is 2.29. The van der Waals surface area contributed by atoms with E-state index in [0.29, 0.717) is 10.6 Å². The highest BCUT2D eigenvalue weighted by molar-refractivity contribution is 6.34. The van der Waals surface area contributed by atoms with Gasteiger partial charge in [-0.25, -0.2) is 0 Å². The summed E-state index contributed by atoms with van der Waals surface area (Å²) in [7, 11) is 0. The molecule has 1 aromatic rings. The van der Waals surface area contributed by atoms with Crippen molar-refractivity contribution in [2.75, 3.05) is 18.0 Å². The van der Waals surface area contributed by atoms with Gasteiger partial charge in [-0.3, -0.25) is 0 Å². The van der Waals surface area contributed by atoms with Crippen molar-refractivity contribution >= 4 is 23.1 Å². The SMILES string of the molecule is NC(=NO)c1c(Cl)cccc1N1CCCCCC1. The van der Waals surface area contributed by atoms with Crippen molar-refractivity contribution in [3.8, 4) is 0 Å². The summed E-state index contributed by atoms with van der Waals surface area (Å²) in [6.07, 6.45) is 4.86. The molecule has 0 amide bonds. The normalized spacial score (nSPS) is 17.6. The minimum Gasteiger partial charge on any atom is -0.409 e. The molecule has 98 valence electrons. The van der Waals surface area contributed by atoms with Crippen molar-refractivity contribution in [2.45, 2.75) is 25.7 Å². The lowest BCUT2D eigenvalue weighted by molar-refractivity contribution is 0.318. The third kappa shape index (κ3) is 2.70. The Morgan fingerprint density at radius 2 is 1.89 bits per heavy atom. The number of halogens is 1. The predicted octanol–water partition coefficient (Wildman–Crippen LogP) is 2.81. The molecule has 18 heavy (non-hydrogen) atoms. The summed E-state index contributed by atoms with van der Waals surface area (Å²) in [5, 5.41) is 12.5. The molecule has 5 heteroatoms. The second-order valence-corrected chi connectivity index (χ2v) is 4.93. The van der Waals surface area contributed by atoms with E-state index >= 15 is 0 Å². The van der Waals surface area contributed by atoms with Crippen LogP contribution >= 0.6 is 11.6 Å². The molecule has 0 saturated carbocycles. The fourth-order valence-electron chi connectivity index (χ4n) is 2.39. The van der Waals surface area contributed by atoms with E-state index in [1.165, 1.54) is 25.7 Å². The Balaban J connectivity index is 2.39. The lowest BCUT2D eigenvalue weighted by Gasteiger charge is -2.25. The maximum absolute atomic E-state index is 8.88. The van der Waals surface area contributed by atoms with Gasteiger partial charge in [0.05, 0.1) is 10.6 Å². The number of benzene rings is 1. The molecular weight excluding hydrogens is 250 g/mol. The van der Waals surface area contributed by atoms with Crippen LogP contribution in [0.1, 0.15) is 31.2 Å². The van der Waals surface area contributed by atoms with E-state index in [2.05, 4.69) is 10.1 Å². The Morgan fingerprint density at radius 1 is 1.22 bits per heavy atom. The van der Waals surface area contributed by atoms with Crippen molar-refractivity contribution in [3.05, 3.63) is 28.8 Å². The summed E-state index contributed by atoms with van der Waals surface area (Å²) in [4.78, 5) is 2.27. The minimum absolute atomic E-state index is 0.0693. The summed E-state index contributed by atoms with van der Waals surface area (Å²) in [6.45, 7) is 1.98. The second-order valence-electron chi connectivity index (χ2n) is 4.52. The molecule has 1 saturated heterocycles. The molecule has 1 fully saturated rings. The largest absolute Gasteiger partial charge is 0.409 e. The van der Waals surface area contributed by atoms with Crippen LogP contribution in [0.25, 0.3) is 0 Å². The summed E-state index contributed by atoms with van der Waals surface area (Å²) in [5.41, 5.74) is 7.32. The molecule has 2 rings (SSSR count). The van der Waals surface area contributed by atoms with E-state index in [0.717, 1.165) is 18.8 Å². The fourth-order valence-corrected chi connectivity index (χ4v) is 2.66. The van der Waals surface area contributed by atoms with E-state index in [1.807, 2.05) is 12.1 Å². The molecular formula is C13H18ClN3O. The number of oxime groups is 1. The van der Waals surface area contributed by atoms with Crippen LogP contribution in [0.4, 0.5) is 5.69 Å². The maximum atomic E-state index is 8.88. The number of nitrogens with zero attached hydrogens (tertiary/aromatic N) is 2. The molecule has 1 heterocycles. The Morgan fingerprint density at radius 3 is 2.50 bits per heavy atom. The quantitative estimate of drug-likeness (QED) is 0.375. The summed E-state index contributed by atoms with van der Waals surface area (Å²) >= 11 is 6.16. The predicted molar refractivity (Wildman–Crippen MR) is 74.6 cm³/mol. The van der Waals surface area contributed by atoms with Crippen LogP contribution in [0, 0.1) is 0 Å². The van der Waals surface area contributed by atoms with E-state index in [1.54, 1.807) is 6.07 Å². The summed E-state index contributed by atoms with van der Waals surface area (Å²) in [5.74, 6) is 0.0693. The third-order valence-electron chi connectivity index (χ3n) is 3.30. The zero-order valence-corrected chi connectivity index (χ0v) is 11.0. The Bertz CT molecular complexity index is 440. The first kappa shape index (κ1) is 13.0. The third-order valence-corrected chi connectivity index (χ3v) is 3.62. The van der Waals surface area contributed by atoms with Gasteiger partial charge in [0.1, 0.15) is 0 Å². The molecule has 1 aliphatic rings. The van der Waals surface area contributed by atoms with Gasteiger partial charge in [-0.2, -0.15) is 0 Å². The lowest BCUT2D eigenvalue weighted by atomic mass is 10.1. The van der Waals surface area contributed by atoms with Gasteiger partial charge in [0.2, 0.25) is 0 Å².